The summed E-state index contributed by atoms with van der Waals surface area (Å²) in [7, 11) is 0. The molecule has 0 N–H and O–H groups in total. The molecule has 0 amide bonds. The quantitative estimate of drug-likeness (QED) is 0.510. The van der Waals surface area contributed by atoms with Crippen molar-refractivity contribution in [2.45, 2.75) is 24.3 Å². The Bertz CT molecular complexity index is 1090. The van der Waals surface area contributed by atoms with Gasteiger partial charge in [0.25, 0.3) is 5.56 Å². The molecular weight excluding hydrogens is 370 g/mol. The summed E-state index contributed by atoms with van der Waals surface area (Å²) >= 11 is 2.61. The summed E-state index contributed by atoms with van der Waals surface area (Å²) in [5.41, 5.74) is 2.12. The lowest BCUT2D eigenvalue weighted by atomic mass is 10.1. The maximum Gasteiger partial charge on any atom is 0.325 e. The molecule has 132 valence electrons. The minimum absolute atomic E-state index is 0.223. The van der Waals surface area contributed by atoms with Gasteiger partial charge in [0.05, 0.1) is 17.7 Å². The van der Waals surface area contributed by atoms with Crippen LogP contribution < -0.4 is 5.56 Å². The molecule has 0 aliphatic carbocycles. The van der Waals surface area contributed by atoms with Crippen molar-refractivity contribution < 1.29 is 9.53 Å². The first-order chi connectivity index (χ1) is 12.6. The SMILES string of the molecule is CCOC(=O)[C@@H]1Sc2nc3scc(-c4ccccc4)c3c(=O)n2N=C1C. The highest BCUT2D eigenvalue weighted by atomic mass is 32.2. The van der Waals surface area contributed by atoms with Crippen LogP contribution in [0.1, 0.15) is 13.8 Å². The third-order valence-electron chi connectivity index (χ3n) is 4.00. The van der Waals surface area contributed by atoms with E-state index in [0.29, 0.717) is 27.7 Å². The van der Waals surface area contributed by atoms with Crippen LogP contribution >= 0.6 is 23.1 Å². The molecule has 1 aromatic carbocycles. The number of thioether (sulfide) groups is 1. The van der Waals surface area contributed by atoms with Gasteiger partial charge in [0.1, 0.15) is 10.1 Å². The first-order valence-corrected chi connectivity index (χ1v) is 9.84. The van der Waals surface area contributed by atoms with E-state index in [1.165, 1.54) is 27.8 Å². The zero-order valence-electron chi connectivity index (χ0n) is 14.1. The van der Waals surface area contributed by atoms with E-state index in [1.54, 1.807) is 13.8 Å². The molecule has 1 aliphatic rings. The van der Waals surface area contributed by atoms with Gasteiger partial charge in [0.2, 0.25) is 0 Å². The lowest BCUT2D eigenvalue weighted by Crippen LogP contribution is -2.34. The van der Waals surface area contributed by atoms with Crippen LogP contribution in [0.5, 0.6) is 0 Å². The van der Waals surface area contributed by atoms with Gasteiger partial charge in [-0.25, -0.2) is 4.98 Å². The van der Waals surface area contributed by atoms with Crippen molar-refractivity contribution in [1.82, 2.24) is 9.66 Å². The molecule has 3 aromatic rings. The molecule has 3 heterocycles. The number of hydrogen-bond acceptors (Lipinski definition) is 7. The number of benzene rings is 1. The maximum atomic E-state index is 13.1. The molecule has 0 fully saturated rings. The number of carbonyl (C=O) groups is 1. The smallest absolute Gasteiger partial charge is 0.325 e. The lowest BCUT2D eigenvalue weighted by molar-refractivity contribution is -0.141. The lowest BCUT2D eigenvalue weighted by Gasteiger charge is -2.20. The van der Waals surface area contributed by atoms with Crippen molar-refractivity contribution in [3.63, 3.8) is 0 Å². The highest BCUT2D eigenvalue weighted by Crippen LogP contribution is 2.34. The number of carbonyl (C=O) groups excluding carboxylic acids is 1. The molecule has 8 heteroatoms. The monoisotopic (exact) mass is 385 g/mol. The second kappa shape index (κ2) is 6.69. The number of aromatic nitrogens is 2. The largest absolute Gasteiger partial charge is 0.465 e. The van der Waals surface area contributed by atoms with E-state index in [2.05, 4.69) is 10.1 Å². The molecule has 1 aliphatic heterocycles. The van der Waals surface area contributed by atoms with Crippen LogP contribution in [0.2, 0.25) is 0 Å². The fourth-order valence-electron chi connectivity index (χ4n) is 2.80. The number of rotatable bonds is 3. The van der Waals surface area contributed by atoms with E-state index in [9.17, 15) is 9.59 Å². The normalized spacial score (nSPS) is 16.2. The van der Waals surface area contributed by atoms with Gasteiger partial charge in [-0.2, -0.15) is 9.78 Å². The van der Waals surface area contributed by atoms with Gasteiger partial charge in [0.15, 0.2) is 5.16 Å². The average Bonchev–Trinajstić information content (AvgIpc) is 3.07. The van der Waals surface area contributed by atoms with Crippen LogP contribution in [0.3, 0.4) is 0 Å². The summed E-state index contributed by atoms with van der Waals surface area (Å²) in [5.74, 6) is -0.365. The van der Waals surface area contributed by atoms with Crippen molar-refractivity contribution in [2.24, 2.45) is 5.10 Å². The Labute approximate surface area is 157 Å². The van der Waals surface area contributed by atoms with Crippen LogP contribution in [0.15, 0.2) is 50.8 Å². The van der Waals surface area contributed by atoms with Crippen molar-refractivity contribution in [3.8, 4) is 11.1 Å². The van der Waals surface area contributed by atoms with Gasteiger partial charge in [-0.1, -0.05) is 42.1 Å². The molecule has 0 spiro atoms. The predicted molar refractivity (Wildman–Crippen MR) is 104 cm³/mol. The molecule has 1 atom stereocenters. The van der Waals surface area contributed by atoms with Crippen LogP contribution in [0.4, 0.5) is 0 Å². The minimum atomic E-state index is -0.576. The van der Waals surface area contributed by atoms with Gasteiger partial charge in [-0.15, -0.1) is 11.3 Å². The first-order valence-electron chi connectivity index (χ1n) is 8.08. The Hall–Kier alpha value is -2.45. The van der Waals surface area contributed by atoms with Crippen molar-refractivity contribution >= 4 is 45.0 Å². The zero-order valence-corrected chi connectivity index (χ0v) is 15.8. The maximum absolute atomic E-state index is 13.1. The Morgan fingerprint density at radius 3 is 2.81 bits per heavy atom. The van der Waals surface area contributed by atoms with Crippen molar-refractivity contribution in [2.75, 3.05) is 6.61 Å². The summed E-state index contributed by atoms with van der Waals surface area (Å²) in [6.07, 6.45) is 0. The molecule has 2 aromatic heterocycles. The van der Waals surface area contributed by atoms with Gasteiger partial charge in [-0.3, -0.25) is 9.59 Å². The summed E-state index contributed by atoms with van der Waals surface area (Å²) < 4.78 is 6.38. The molecular formula is C18H15N3O3S2. The summed E-state index contributed by atoms with van der Waals surface area (Å²) in [5, 5.41) is 6.66. The molecule has 4 rings (SSSR count). The number of ether oxygens (including phenoxy) is 1. The van der Waals surface area contributed by atoms with Crippen LogP contribution in [0, 0.1) is 0 Å². The average molecular weight is 385 g/mol. The molecule has 6 nitrogen and oxygen atoms in total. The van der Waals surface area contributed by atoms with Gasteiger partial charge in [0, 0.05) is 10.9 Å². The highest BCUT2D eigenvalue weighted by molar-refractivity contribution is 8.01. The molecule has 0 saturated carbocycles. The van der Waals surface area contributed by atoms with Gasteiger partial charge < -0.3 is 4.74 Å². The highest BCUT2D eigenvalue weighted by Gasteiger charge is 2.31. The van der Waals surface area contributed by atoms with Crippen molar-refractivity contribution in [3.05, 3.63) is 46.1 Å². The van der Waals surface area contributed by atoms with Crippen LogP contribution in [-0.4, -0.2) is 33.2 Å². The van der Waals surface area contributed by atoms with Crippen LogP contribution in [0.25, 0.3) is 21.3 Å². The fourth-order valence-corrected chi connectivity index (χ4v) is 4.75. The predicted octanol–water partition coefficient (Wildman–Crippen LogP) is 3.39. The topological polar surface area (TPSA) is 73.5 Å². The van der Waals surface area contributed by atoms with E-state index >= 15 is 0 Å². The minimum Gasteiger partial charge on any atom is -0.465 e. The Morgan fingerprint density at radius 2 is 2.08 bits per heavy atom. The Morgan fingerprint density at radius 1 is 1.31 bits per heavy atom. The fraction of sp³-hybridized carbons (Fsp3) is 0.222. The van der Waals surface area contributed by atoms with E-state index in [4.69, 9.17) is 4.74 Å². The van der Waals surface area contributed by atoms with Crippen LogP contribution in [-0.2, 0) is 9.53 Å². The van der Waals surface area contributed by atoms with E-state index in [1.807, 2.05) is 35.7 Å². The first kappa shape index (κ1) is 17.0. The molecule has 0 radical (unpaired) electrons. The summed E-state index contributed by atoms with van der Waals surface area (Å²) in [6.45, 7) is 3.78. The number of nitrogens with zero attached hydrogens (tertiary/aromatic N) is 3. The second-order valence-electron chi connectivity index (χ2n) is 5.70. The molecule has 26 heavy (non-hydrogen) atoms. The standard InChI is InChI=1S/C18H15N3O3S2/c1-3-24-17(23)14-10(2)20-21-16(22)13-12(11-7-5-4-6-8-11)9-25-15(13)19-18(21)26-14/h4-9,14H,3H2,1-2H3/t14-/m1/s1. The van der Waals surface area contributed by atoms with Gasteiger partial charge >= 0.3 is 5.97 Å². The number of esters is 1. The third kappa shape index (κ3) is 2.75. The molecule has 0 unspecified atom stereocenters. The summed E-state index contributed by atoms with van der Waals surface area (Å²) in [6, 6.07) is 9.73. The van der Waals surface area contributed by atoms with E-state index in [-0.39, 0.29) is 11.5 Å². The summed E-state index contributed by atoms with van der Waals surface area (Å²) in [4.78, 5) is 30.4. The molecule has 0 saturated heterocycles. The van der Waals surface area contributed by atoms with Crippen molar-refractivity contribution in [1.29, 1.82) is 0 Å². The molecule has 0 bridgehead atoms. The zero-order chi connectivity index (χ0) is 18.3. The second-order valence-corrected chi connectivity index (χ2v) is 7.63. The Kier molecular flexibility index (Phi) is 4.37. The third-order valence-corrected chi connectivity index (χ3v) is 6.12. The number of hydrogen-bond donors (Lipinski definition) is 0. The number of thiophene rings is 1. The van der Waals surface area contributed by atoms with Gasteiger partial charge in [-0.05, 0) is 19.4 Å². The van der Waals surface area contributed by atoms with E-state index in [0.717, 1.165) is 11.1 Å². The number of fused-ring (bicyclic) bond motifs is 2. The van der Waals surface area contributed by atoms with E-state index < -0.39 is 5.25 Å². The Balaban J connectivity index is 1.87.